The summed E-state index contributed by atoms with van der Waals surface area (Å²) in [4.78, 5) is 12.8. The molecule has 0 aliphatic heterocycles. The molecule has 3 aromatic rings. The molecule has 2 aromatic carbocycles. The van der Waals surface area contributed by atoms with E-state index < -0.39 is 0 Å². The molecule has 0 bridgehead atoms. The van der Waals surface area contributed by atoms with Crippen molar-refractivity contribution >= 4 is 29.3 Å². The summed E-state index contributed by atoms with van der Waals surface area (Å²) in [5, 5.41) is 3.13. The van der Waals surface area contributed by atoms with Crippen LogP contribution in [0.3, 0.4) is 0 Å². The number of methoxy groups -OCH3 is 2. The van der Waals surface area contributed by atoms with Crippen LogP contribution in [0.2, 0.25) is 0 Å². The fraction of sp³-hybridized carbons (Fsp3) is 0.250. The van der Waals surface area contributed by atoms with Gasteiger partial charge in [-0.1, -0.05) is 12.1 Å². The Kier molecular flexibility index (Phi) is 7.34. The predicted molar refractivity (Wildman–Crippen MR) is 115 cm³/mol. The van der Waals surface area contributed by atoms with E-state index in [2.05, 4.69) is 20.3 Å². The van der Waals surface area contributed by atoms with Crippen LogP contribution >= 0.6 is 11.8 Å². The van der Waals surface area contributed by atoms with E-state index in [-0.39, 0.29) is 5.95 Å². The number of hydrogen-bond donors (Lipinski definition) is 2. The van der Waals surface area contributed by atoms with E-state index in [1.54, 1.807) is 26.0 Å². The van der Waals surface area contributed by atoms with Crippen LogP contribution in [0.25, 0.3) is 0 Å². The number of para-hydroxylation sites is 2. The normalized spacial score (nSPS) is 10.4. The second kappa shape index (κ2) is 10.4. The van der Waals surface area contributed by atoms with Crippen LogP contribution in [0, 0.1) is 0 Å². The number of thioether (sulfide) groups is 1. The van der Waals surface area contributed by atoms with Crippen molar-refractivity contribution in [2.45, 2.75) is 5.75 Å². The van der Waals surface area contributed by atoms with E-state index in [1.165, 1.54) is 0 Å². The van der Waals surface area contributed by atoms with Crippen LogP contribution in [0.1, 0.15) is 5.82 Å². The molecule has 0 aliphatic rings. The first kappa shape index (κ1) is 20.5. The summed E-state index contributed by atoms with van der Waals surface area (Å²) in [5.74, 6) is 4.83. The molecule has 0 radical (unpaired) electrons. The van der Waals surface area contributed by atoms with Crippen molar-refractivity contribution in [2.75, 3.05) is 37.6 Å². The Balaban J connectivity index is 1.50. The highest BCUT2D eigenvalue weighted by molar-refractivity contribution is 7.98. The summed E-state index contributed by atoms with van der Waals surface area (Å²) >= 11 is 1.65. The van der Waals surface area contributed by atoms with E-state index in [9.17, 15) is 0 Å². The Labute approximate surface area is 173 Å². The quantitative estimate of drug-likeness (QED) is 0.483. The van der Waals surface area contributed by atoms with Gasteiger partial charge >= 0.3 is 0 Å². The van der Waals surface area contributed by atoms with Crippen LogP contribution < -0.4 is 25.3 Å². The summed E-state index contributed by atoms with van der Waals surface area (Å²) in [6.45, 7) is 0.573. The molecule has 0 unspecified atom stereocenters. The lowest BCUT2D eigenvalue weighted by Gasteiger charge is -2.10. The summed E-state index contributed by atoms with van der Waals surface area (Å²) in [6, 6.07) is 15.0. The molecule has 3 N–H and O–H groups in total. The van der Waals surface area contributed by atoms with Crippen LogP contribution in [-0.2, 0) is 5.75 Å². The average molecular weight is 414 g/mol. The van der Waals surface area contributed by atoms with Crippen LogP contribution in [0.15, 0.2) is 48.5 Å². The topological polar surface area (TPSA) is 104 Å². The number of benzene rings is 2. The van der Waals surface area contributed by atoms with Crippen molar-refractivity contribution in [3.8, 4) is 17.2 Å². The van der Waals surface area contributed by atoms with Gasteiger partial charge in [0.1, 0.15) is 23.1 Å². The van der Waals surface area contributed by atoms with E-state index in [0.29, 0.717) is 29.9 Å². The molecular weight excluding hydrogens is 390 g/mol. The highest BCUT2D eigenvalue weighted by Crippen LogP contribution is 2.26. The molecule has 0 saturated carbocycles. The van der Waals surface area contributed by atoms with Crippen LogP contribution in [0.5, 0.6) is 17.2 Å². The minimum Gasteiger partial charge on any atom is -0.497 e. The van der Waals surface area contributed by atoms with Gasteiger partial charge in [-0.25, -0.2) is 0 Å². The summed E-state index contributed by atoms with van der Waals surface area (Å²) in [7, 11) is 3.25. The molecule has 29 heavy (non-hydrogen) atoms. The van der Waals surface area contributed by atoms with Crippen molar-refractivity contribution in [1.29, 1.82) is 0 Å². The fourth-order valence-corrected chi connectivity index (χ4v) is 3.14. The zero-order valence-corrected chi connectivity index (χ0v) is 17.1. The molecule has 0 spiro atoms. The minimum atomic E-state index is 0.169. The van der Waals surface area contributed by atoms with E-state index in [1.807, 2.05) is 48.5 Å². The molecule has 1 heterocycles. The first-order valence-electron chi connectivity index (χ1n) is 8.93. The van der Waals surface area contributed by atoms with Gasteiger partial charge in [-0.2, -0.15) is 26.7 Å². The van der Waals surface area contributed by atoms with E-state index in [0.717, 1.165) is 22.9 Å². The Hall–Kier alpha value is -3.20. The summed E-state index contributed by atoms with van der Waals surface area (Å²) in [5.41, 5.74) is 6.59. The van der Waals surface area contributed by atoms with Gasteiger partial charge in [0.2, 0.25) is 11.9 Å². The highest BCUT2D eigenvalue weighted by Gasteiger charge is 2.08. The third-order valence-corrected chi connectivity index (χ3v) is 4.76. The Morgan fingerprint density at radius 1 is 0.931 bits per heavy atom. The number of ether oxygens (including phenoxy) is 3. The Bertz CT molecular complexity index is 924. The second-order valence-electron chi connectivity index (χ2n) is 5.84. The highest BCUT2D eigenvalue weighted by atomic mass is 32.2. The standard InChI is InChI=1S/C20H23N5O3S/c1-26-14-7-9-15(10-8-14)28-11-12-29-13-18-23-19(21)25-20(24-18)22-16-5-3-4-6-17(16)27-2/h3-10H,11-13H2,1-2H3,(H3,21,22,23,24,25). The van der Waals surface area contributed by atoms with Gasteiger partial charge in [0.15, 0.2) is 0 Å². The molecule has 3 rings (SSSR count). The van der Waals surface area contributed by atoms with Gasteiger partial charge < -0.3 is 25.3 Å². The average Bonchev–Trinajstić information content (AvgIpc) is 2.74. The molecule has 8 nitrogen and oxygen atoms in total. The number of nitrogens with zero attached hydrogens (tertiary/aromatic N) is 3. The maximum atomic E-state index is 5.84. The van der Waals surface area contributed by atoms with Gasteiger partial charge in [-0.3, -0.25) is 0 Å². The Morgan fingerprint density at radius 3 is 2.45 bits per heavy atom. The van der Waals surface area contributed by atoms with Gasteiger partial charge in [0.25, 0.3) is 0 Å². The number of nitrogen functional groups attached to an aromatic ring is 1. The van der Waals surface area contributed by atoms with Crippen molar-refractivity contribution in [2.24, 2.45) is 0 Å². The number of anilines is 3. The van der Waals surface area contributed by atoms with E-state index in [4.69, 9.17) is 19.9 Å². The zero-order valence-electron chi connectivity index (χ0n) is 16.3. The van der Waals surface area contributed by atoms with Gasteiger partial charge in [0.05, 0.1) is 32.3 Å². The molecule has 0 fully saturated rings. The van der Waals surface area contributed by atoms with Crippen LogP contribution in [0.4, 0.5) is 17.6 Å². The van der Waals surface area contributed by atoms with Crippen LogP contribution in [-0.4, -0.2) is 41.5 Å². The van der Waals surface area contributed by atoms with Gasteiger partial charge in [0, 0.05) is 5.75 Å². The number of nitrogens with one attached hydrogen (secondary N) is 1. The number of nitrogens with two attached hydrogens (primary N) is 1. The monoisotopic (exact) mass is 413 g/mol. The van der Waals surface area contributed by atoms with Crippen molar-refractivity contribution < 1.29 is 14.2 Å². The lowest BCUT2D eigenvalue weighted by atomic mass is 10.3. The third kappa shape index (κ3) is 6.15. The predicted octanol–water partition coefficient (Wildman–Crippen LogP) is 3.53. The number of hydrogen-bond acceptors (Lipinski definition) is 9. The fourth-order valence-electron chi connectivity index (χ4n) is 2.48. The SMILES string of the molecule is COc1ccc(OCCSCc2nc(N)nc(Nc3ccccc3OC)n2)cc1. The number of aromatic nitrogens is 3. The summed E-state index contributed by atoms with van der Waals surface area (Å²) in [6.07, 6.45) is 0. The molecule has 0 aliphatic carbocycles. The minimum absolute atomic E-state index is 0.169. The van der Waals surface area contributed by atoms with Gasteiger partial charge in [-0.15, -0.1) is 0 Å². The van der Waals surface area contributed by atoms with Crippen molar-refractivity contribution in [3.63, 3.8) is 0 Å². The lowest BCUT2D eigenvalue weighted by molar-refractivity contribution is 0.342. The first-order chi connectivity index (χ1) is 14.2. The smallest absolute Gasteiger partial charge is 0.232 e. The molecule has 152 valence electrons. The molecular formula is C20H23N5O3S. The van der Waals surface area contributed by atoms with Crippen molar-refractivity contribution in [3.05, 3.63) is 54.4 Å². The molecule has 0 saturated heterocycles. The lowest BCUT2D eigenvalue weighted by Crippen LogP contribution is -2.07. The molecule has 0 amide bonds. The van der Waals surface area contributed by atoms with E-state index >= 15 is 0 Å². The zero-order chi connectivity index (χ0) is 20.5. The largest absolute Gasteiger partial charge is 0.497 e. The molecule has 9 heteroatoms. The second-order valence-corrected chi connectivity index (χ2v) is 6.94. The maximum Gasteiger partial charge on any atom is 0.232 e. The third-order valence-electron chi connectivity index (χ3n) is 3.84. The Morgan fingerprint density at radius 2 is 1.69 bits per heavy atom. The summed E-state index contributed by atoms with van der Waals surface area (Å²) < 4.78 is 16.2. The molecule has 0 atom stereocenters. The number of rotatable bonds is 10. The molecule has 1 aromatic heterocycles. The first-order valence-corrected chi connectivity index (χ1v) is 10.1. The van der Waals surface area contributed by atoms with Crippen molar-refractivity contribution in [1.82, 2.24) is 15.0 Å². The van der Waals surface area contributed by atoms with Gasteiger partial charge in [-0.05, 0) is 36.4 Å². The maximum absolute atomic E-state index is 5.84.